The molecule has 11 heteroatoms. The van der Waals surface area contributed by atoms with Crippen LogP contribution in [0.2, 0.25) is 0 Å². The molecule has 0 radical (unpaired) electrons. The first kappa shape index (κ1) is 25.2. The van der Waals surface area contributed by atoms with E-state index in [1.54, 1.807) is 13.8 Å². The lowest BCUT2D eigenvalue weighted by Gasteiger charge is -2.13. The Bertz CT molecular complexity index is 549. The molecule has 0 aliphatic rings. The summed E-state index contributed by atoms with van der Waals surface area (Å²) in [5, 5.41) is 14.2. The third-order valence-corrected chi connectivity index (χ3v) is 2.85. The number of nitrogens with one attached hydrogen (secondary N) is 2. The van der Waals surface area contributed by atoms with Crippen molar-refractivity contribution in [3.8, 4) is 0 Å². The molecule has 28 heavy (non-hydrogen) atoms. The van der Waals surface area contributed by atoms with Gasteiger partial charge in [-0.3, -0.25) is 4.79 Å². The number of hydrogen-bond acceptors (Lipinski definition) is 9. The second kappa shape index (κ2) is 14.3. The Morgan fingerprint density at radius 2 is 1.36 bits per heavy atom. The van der Waals surface area contributed by atoms with Crippen molar-refractivity contribution in [2.45, 2.75) is 26.9 Å². The molecule has 0 aromatic rings. The van der Waals surface area contributed by atoms with Crippen molar-refractivity contribution < 1.29 is 43.2 Å². The zero-order valence-electron chi connectivity index (χ0n) is 16.3. The van der Waals surface area contributed by atoms with Gasteiger partial charge in [-0.2, -0.15) is 0 Å². The maximum absolute atomic E-state index is 11.4. The van der Waals surface area contributed by atoms with E-state index in [-0.39, 0.29) is 43.8 Å². The van der Waals surface area contributed by atoms with E-state index < -0.39 is 37.5 Å². The molecule has 0 aliphatic carbocycles. The van der Waals surface area contributed by atoms with Crippen LogP contribution >= 0.6 is 0 Å². The standard InChI is InChI=1S/C17H28N2O9/c1-11(2)14(21)25-7-5-18-16(23)27-9-13(20)10-28-17(24)19-6-8-26-15(22)12(3)4/h12-13,20H,1,5-10H2,2-4H3,(H,18,23)(H,19,24). The lowest BCUT2D eigenvalue weighted by molar-refractivity contribution is -0.147. The number of alkyl carbamates (subject to hydrolysis) is 2. The monoisotopic (exact) mass is 404 g/mol. The molecule has 160 valence electrons. The summed E-state index contributed by atoms with van der Waals surface area (Å²) in [6, 6.07) is 0. The van der Waals surface area contributed by atoms with Crippen molar-refractivity contribution in [1.82, 2.24) is 10.6 Å². The molecule has 0 bridgehead atoms. The molecule has 0 aromatic heterocycles. The van der Waals surface area contributed by atoms with Gasteiger partial charge >= 0.3 is 24.1 Å². The van der Waals surface area contributed by atoms with Crippen LogP contribution in [0.3, 0.4) is 0 Å². The number of amides is 2. The minimum atomic E-state index is -1.23. The molecule has 0 aromatic carbocycles. The number of carbonyl (C=O) groups excluding carboxylic acids is 4. The highest BCUT2D eigenvalue weighted by molar-refractivity contribution is 5.86. The number of carbonyl (C=O) groups is 4. The summed E-state index contributed by atoms with van der Waals surface area (Å²) in [4.78, 5) is 45.1. The normalized spacial score (nSPS) is 11.2. The fraction of sp³-hybridized carbons (Fsp3) is 0.647. The van der Waals surface area contributed by atoms with E-state index >= 15 is 0 Å². The molecule has 0 saturated heterocycles. The van der Waals surface area contributed by atoms with Gasteiger partial charge in [-0.25, -0.2) is 14.4 Å². The summed E-state index contributed by atoms with van der Waals surface area (Å²) >= 11 is 0. The van der Waals surface area contributed by atoms with Crippen LogP contribution in [0, 0.1) is 5.92 Å². The van der Waals surface area contributed by atoms with Crippen LogP contribution in [0.5, 0.6) is 0 Å². The molecule has 1 unspecified atom stereocenters. The van der Waals surface area contributed by atoms with E-state index in [9.17, 15) is 24.3 Å². The number of hydrogen-bond donors (Lipinski definition) is 3. The van der Waals surface area contributed by atoms with E-state index in [0.717, 1.165) is 0 Å². The maximum atomic E-state index is 11.4. The first-order valence-electron chi connectivity index (χ1n) is 8.62. The summed E-state index contributed by atoms with van der Waals surface area (Å²) in [6.07, 6.45) is -2.87. The van der Waals surface area contributed by atoms with Crippen molar-refractivity contribution in [3.05, 3.63) is 12.2 Å². The topological polar surface area (TPSA) is 149 Å². The Hall–Kier alpha value is -2.82. The highest BCUT2D eigenvalue weighted by Gasteiger charge is 2.12. The molecule has 0 rings (SSSR count). The highest BCUT2D eigenvalue weighted by Crippen LogP contribution is 1.95. The Morgan fingerprint density at radius 3 is 1.79 bits per heavy atom. The molecule has 0 heterocycles. The van der Waals surface area contributed by atoms with E-state index in [0.29, 0.717) is 0 Å². The number of esters is 2. The SMILES string of the molecule is C=C(C)C(=O)OCCNC(=O)OCC(O)COC(=O)NCCOC(=O)C(C)C. The summed E-state index contributed by atoms with van der Waals surface area (Å²) in [5.41, 5.74) is 0.242. The molecule has 2 amide bonds. The van der Waals surface area contributed by atoms with Crippen molar-refractivity contribution in [2.75, 3.05) is 39.5 Å². The molecule has 0 fully saturated rings. The number of aliphatic hydroxyl groups is 1. The first-order chi connectivity index (χ1) is 13.1. The van der Waals surface area contributed by atoms with Crippen LogP contribution in [0.4, 0.5) is 9.59 Å². The fourth-order valence-corrected chi connectivity index (χ4v) is 1.39. The van der Waals surface area contributed by atoms with Gasteiger partial charge in [0, 0.05) is 5.57 Å². The minimum absolute atomic E-state index is 0.000368. The minimum Gasteiger partial charge on any atom is -0.464 e. The zero-order chi connectivity index (χ0) is 21.5. The van der Waals surface area contributed by atoms with E-state index in [1.165, 1.54) is 6.92 Å². The summed E-state index contributed by atoms with van der Waals surface area (Å²) < 4.78 is 19.0. The number of rotatable bonds is 12. The Labute approximate surface area is 163 Å². The van der Waals surface area contributed by atoms with Crippen molar-refractivity contribution in [2.24, 2.45) is 5.92 Å². The quantitative estimate of drug-likeness (QED) is 0.178. The predicted molar refractivity (Wildman–Crippen MR) is 96.3 cm³/mol. The fourth-order valence-electron chi connectivity index (χ4n) is 1.39. The van der Waals surface area contributed by atoms with Crippen LogP contribution in [-0.4, -0.2) is 74.9 Å². The lowest BCUT2D eigenvalue weighted by Crippen LogP contribution is -2.34. The van der Waals surface area contributed by atoms with Gasteiger partial charge in [0.05, 0.1) is 19.0 Å². The van der Waals surface area contributed by atoms with Gasteiger partial charge in [-0.05, 0) is 6.92 Å². The van der Waals surface area contributed by atoms with Crippen molar-refractivity contribution in [1.29, 1.82) is 0 Å². The molecule has 0 saturated carbocycles. The zero-order valence-corrected chi connectivity index (χ0v) is 16.3. The lowest BCUT2D eigenvalue weighted by atomic mass is 10.2. The van der Waals surface area contributed by atoms with E-state index in [4.69, 9.17) is 18.9 Å². The number of ether oxygens (including phenoxy) is 4. The first-order valence-corrected chi connectivity index (χ1v) is 8.62. The van der Waals surface area contributed by atoms with E-state index in [1.807, 2.05) is 0 Å². The van der Waals surface area contributed by atoms with Gasteiger partial charge in [-0.15, -0.1) is 0 Å². The van der Waals surface area contributed by atoms with Gasteiger partial charge in [0.15, 0.2) is 0 Å². The van der Waals surface area contributed by atoms with E-state index in [2.05, 4.69) is 17.2 Å². The largest absolute Gasteiger partial charge is 0.464 e. The van der Waals surface area contributed by atoms with Crippen LogP contribution in [0.1, 0.15) is 20.8 Å². The van der Waals surface area contributed by atoms with Crippen LogP contribution in [0.25, 0.3) is 0 Å². The second-order valence-electron chi connectivity index (χ2n) is 5.94. The summed E-state index contributed by atoms with van der Waals surface area (Å²) in [6.45, 7) is 7.49. The Balaban J connectivity index is 3.72. The molecular formula is C17H28N2O9. The average Bonchev–Trinajstić information content (AvgIpc) is 2.64. The van der Waals surface area contributed by atoms with Gasteiger partial charge in [0.25, 0.3) is 0 Å². The molecule has 0 aliphatic heterocycles. The Morgan fingerprint density at radius 1 is 0.893 bits per heavy atom. The number of aliphatic hydroxyl groups excluding tert-OH is 1. The van der Waals surface area contributed by atoms with Crippen molar-refractivity contribution >= 4 is 24.1 Å². The van der Waals surface area contributed by atoms with Crippen molar-refractivity contribution in [3.63, 3.8) is 0 Å². The third-order valence-electron chi connectivity index (χ3n) is 2.85. The summed E-state index contributed by atoms with van der Waals surface area (Å²) in [7, 11) is 0. The predicted octanol–water partition coefficient (Wildman–Crippen LogP) is 0.118. The van der Waals surface area contributed by atoms with Gasteiger partial charge < -0.3 is 34.7 Å². The third kappa shape index (κ3) is 13.4. The molecule has 1 atom stereocenters. The molecule has 0 spiro atoms. The maximum Gasteiger partial charge on any atom is 0.407 e. The molecule has 3 N–H and O–H groups in total. The van der Waals surface area contributed by atoms with Gasteiger partial charge in [0.1, 0.15) is 32.5 Å². The molecular weight excluding hydrogens is 376 g/mol. The second-order valence-corrected chi connectivity index (χ2v) is 5.94. The average molecular weight is 404 g/mol. The van der Waals surface area contributed by atoms with Gasteiger partial charge in [-0.1, -0.05) is 20.4 Å². The Kier molecular flexibility index (Phi) is 12.8. The van der Waals surface area contributed by atoms with Crippen LogP contribution in [-0.2, 0) is 28.5 Å². The highest BCUT2D eigenvalue weighted by atomic mass is 16.6. The molecule has 11 nitrogen and oxygen atoms in total. The van der Waals surface area contributed by atoms with Gasteiger partial charge in [0.2, 0.25) is 0 Å². The van der Waals surface area contributed by atoms with Crippen LogP contribution in [0.15, 0.2) is 12.2 Å². The van der Waals surface area contributed by atoms with Crippen LogP contribution < -0.4 is 10.6 Å². The smallest absolute Gasteiger partial charge is 0.407 e. The summed E-state index contributed by atoms with van der Waals surface area (Å²) in [5.74, 6) is -1.21.